The van der Waals surface area contributed by atoms with Gasteiger partial charge in [-0.15, -0.1) is 11.3 Å². The number of hydrogen-bond acceptors (Lipinski definition) is 5. The predicted molar refractivity (Wildman–Crippen MR) is 117 cm³/mol. The van der Waals surface area contributed by atoms with Gasteiger partial charge in [0.1, 0.15) is 4.83 Å². The Morgan fingerprint density at radius 1 is 1.29 bits per heavy atom. The van der Waals surface area contributed by atoms with E-state index in [9.17, 15) is 9.59 Å². The van der Waals surface area contributed by atoms with Crippen molar-refractivity contribution in [2.45, 2.75) is 50.4 Å². The van der Waals surface area contributed by atoms with E-state index in [1.807, 2.05) is 39.0 Å². The topological polar surface area (TPSA) is 64.0 Å². The minimum absolute atomic E-state index is 0.00532. The largest absolute Gasteiger partial charge is 0.325 e. The maximum atomic E-state index is 12.9. The van der Waals surface area contributed by atoms with Crippen LogP contribution < -0.4 is 10.9 Å². The van der Waals surface area contributed by atoms with Crippen LogP contribution in [0.2, 0.25) is 0 Å². The number of fused-ring (bicyclic) bond motifs is 3. The highest BCUT2D eigenvalue weighted by Gasteiger charge is 2.24. The van der Waals surface area contributed by atoms with Crippen LogP contribution in [0.3, 0.4) is 0 Å². The van der Waals surface area contributed by atoms with Gasteiger partial charge in [0, 0.05) is 17.6 Å². The fraction of sp³-hybridized carbons (Fsp3) is 0.381. The molecular formula is C21H23N3O2S2. The summed E-state index contributed by atoms with van der Waals surface area (Å²) in [5.41, 5.74) is 4.10. The van der Waals surface area contributed by atoms with Crippen LogP contribution in [-0.2, 0) is 24.7 Å². The molecule has 1 aliphatic carbocycles. The molecule has 1 amide bonds. The summed E-state index contributed by atoms with van der Waals surface area (Å²) in [6.45, 7) is 5.81. The van der Waals surface area contributed by atoms with Gasteiger partial charge in [0.15, 0.2) is 5.16 Å². The Kier molecular flexibility index (Phi) is 5.05. The van der Waals surface area contributed by atoms with E-state index in [4.69, 9.17) is 4.98 Å². The van der Waals surface area contributed by atoms with E-state index in [1.165, 1.54) is 22.2 Å². The summed E-state index contributed by atoms with van der Waals surface area (Å²) in [4.78, 5) is 32.5. The average molecular weight is 414 g/mol. The summed E-state index contributed by atoms with van der Waals surface area (Å²) >= 11 is 2.95. The van der Waals surface area contributed by atoms with Crippen molar-refractivity contribution < 1.29 is 4.79 Å². The summed E-state index contributed by atoms with van der Waals surface area (Å²) in [5, 5.41) is 4.01. The predicted octanol–water partition coefficient (Wildman–Crippen LogP) is 4.22. The number of carbonyl (C=O) groups is 1. The molecule has 28 heavy (non-hydrogen) atoms. The number of aryl methyl sites for hydroxylation is 4. The molecule has 1 aromatic carbocycles. The molecule has 146 valence electrons. The molecule has 4 rings (SSSR count). The molecule has 2 aromatic heterocycles. The Morgan fingerprint density at radius 2 is 2.00 bits per heavy atom. The Morgan fingerprint density at radius 3 is 2.71 bits per heavy atom. The molecule has 7 heteroatoms. The molecule has 3 aromatic rings. The maximum absolute atomic E-state index is 12.9. The SMILES string of the molecule is Cc1cccc(C)c1NC(=O)[C@H](C)Sc1nc2sc3c(c2c(=O)n1C)CCC3. The van der Waals surface area contributed by atoms with E-state index in [2.05, 4.69) is 5.32 Å². The molecule has 0 radical (unpaired) electrons. The van der Waals surface area contributed by atoms with Gasteiger partial charge in [-0.05, 0) is 56.7 Å². The van der Waals surface area contributed by atoms with Crippen molar-refractivity contribution in [2.24, 2.45) is 7.05 Å². The van der Waals surface area contributed by atoms with E-state index >= 15 is 0 Å². The first-order valence-electron chi connectivity index (χ1n) is 9.42. The van der Waals surface area contributed by atoms with Gasteiger partial charge in [-0.25, -0.2) is 4.98 Å². The minimum atomic E-state index is -0.374. The highest BCUT2D eigenvalue weighted by Crippen LogP contribution is 2.36. The normalized spacial score (nSPS) is 14.3. The van der Waals surface area contributed by atoms with Crippen LogP contribution in [0.5, 0.6) is 0 Å². The zero-order valence-electron chi connectivity index (χ0n) is 16.5. The Balaban J connectivity index is 1.60. The Hall–Kier alpha value is -2.12. The molecule has 2 heterocycles. The minimum Gasteiger partial charge on any atom is -0.325 e. The summed E-state index contributed by atoms with van der Waals surface area (Å²) < 4.78 is 1.58. The molecule has 1 aliphatic rings. The number of hydrogen-bond donors (Lipinski definition) is 1. The lowest BCUT2D eigenvalue weighted by atomic mass is 10.1. The zero-order valence-corrected chi connectivity index (χ0v) is 18.1. The van der Waals surface area contributed by atoms with Crippen molar-refractivity contribution in [1.82, 2.24) is 9.55 Å². The number of amides is 1. The number of thioether (sulfide) groups is 1. The molecule has 1 N–H and O–H groups in total. The van der Waals surface area contributed by atoms with Gasteiger partial charge in [-0.2, -0.15) is 0 Å². The number of thiophene rings is 1. The summed E-state index contributed by atoms with van der Waals surface area (Å²) in [6, 6.07) is 5.94. The van der Waals surface area contributed by atoms with Crippen molar-refractivity contribution >= 4 is 44.9 Å². The Labute approximate surface area is 172 Å². The first-order chi connectivity index (χ1) is 13.4. The van der Waals surface area contributed by atoms with Gasteiger partial charge >= 0.3 is 0 Å². The molecule has 0 unspecified atom stereocenters. The van der Waals surface area contributed by atoms with Crippen LogP contribution in [0.25, 0.3) is 10.2 Å². The van der Waals surface area contributed by atoms with E-state index in [1.54, 1.807) is 23.0 Å². The third-order valence-corrected chi connectivity index (χ3v) is 7.62. The quantitative estimate of drug-likeness (QED) is 0.514. The number of nitrogens with zero attached hydrogens (tertiary/aromatic N) is 2. The van der Waals surface area contributed by atoms with Crippen molar-refractivity contribution in [2.75, 3.05) is 5.32 Å². The van der Waals surface area contributed by atoms with Crippen LogP contribution in [0, 0.1) is 13.8 Å². The number of rotatable bonds is 4. The molecule has 0 saturated carbocycles. The fourth-order valence-corrected chi connectivity index (χ4v) is 5.84. The second-order valence-electron chi connectivity index (χ2n) is 7.31. The molecule has 0 aliphatic heterocycles. The first-order valence-corrected chi connectivity index (χ1v) is 11.1. The first kappa shape index (κ1) is 19.2. The molecule has 0 spiro atoms. The van der Waals surface area contributed by atoms with Gasteiger partial charge in [0.2, 0.25) is 5.91 Å². The van der Waals surface area contributed by atoms with Gasteiger partial charge in [-0.1, -0.05) is 30.0 Å². The van der Waals surface area contributed by atoms with Gasteiger partial charge in [-0.3, -0.25) is 14.2 Å². The van der Waals surface area contributed by atoms with Crippen molar-refractivity contribution in [1.29, 1.82) is 0 Å². The van der Waals surface area contributed by atoms with Crippen molar-refractivity contribution in [3.05, 3.63) is 50.1 Å². The summed E-state index contributed by atoms with van der Waals surface area (Å²) in [6.07, 6.45) is 3.12. The molecule has 0 bridgehead atoms. The standard InChI is InChI=1S/C21H23N3O2S2/c1-11-7-5-8-12(2)17(11)22-18(25)13(3)27-21-23-19-16(20(26)24(21)4)14-9-6-10-15(14)28-19/h5,7-8,13H,6,9-10H2,1-4H3,(H,22,25)/t13-/m0/s1. The number of anilines is 1. The molecule has 0 saturated heterocycles. The second kappa shape index (κ2) is 7.37. The van der Waals surface area contributed by atoms with Crippen molar-refractivity contribution in [3.8, 4) is 0 Å². The van der Waals surface area contributed by atoms with Crippen LogP contribution in [0.1, 0.15) is 34.9 Å². The number of carbonyl (C=O) groups excluding carboxylic acids is 1. The van der Waals surface area contributed by atoms with E-state index in [0.29, 0.717) is 5.16 Å². The maximum Gasteiger partial charge on any atom is 0.262 e. The van der Waals surface area contributed by atoms with Crippen LogP contribution in [0.4, 0.5) is 5.69 Å². The van der Waals surface area contributed by atoms with E-state index < -0.39 is 0 Å². The lowest BCUT2D eigenvalue weighted by Crippen LogP contribution is -2.26. The number of aromatic nitrogens is 2. The van der Waals surface area contributed by atoms with E-state index in [0.717, 1.165) is 46.3 Å². The molecular weight excluding hydrogens is 390 g/mol. The highest BCUT2D eigenvalue weighted by atomic mass is 32.2. The number of para-hydroxylation sites is 1. The monoisotopic (exact) mass is 413 g/mol. The van der Waals surface area contributed by atoms with Gasteiger partial charge < -0.3 is 5.32 Å². The lowest BCUT2D eigenvalue weighted by Gasteiger charge is -2.16. The van der Waals surface area contributed by atoms with Crippen LogP contribution in [-0.4, -0.2) is 20.7 Å². The van der Waals surface area contributed by atoms with E-state index in [-0.39, 0.29) is 16.7 Å². The second-order valence-corrected chi connectivity index (χ2v) is 9.70. The molecule has 0 fully saturated rings. The highest BCUT2D eigenvalue weighted by molar-refractivity contribution is 8.00. The van der Waals surface area contributed by atoms with Crippen LogP contribution in [0.15, 0.2) is 28.2 Å². The average Bonchev–Trinajstić information content (AvgIpc) is 3.23. The molecule has 5 nitrogen and oxygen atoms in total. The Bertz CT molecular complexity index is 1130. The summed E-state index contributed by atoms with van der Waals surface area (Å²) in [7, 11) is 1.74. The van der Waals surface area contributed by atoms with Gasteiger partial charge in [0.05, 0.1) is 10.6 Å². The third kappa shape index (κ3) is 3.26. The third-order valence-electron chi connectivity index (χ3n) is 5.29. The van der Waals surface area contributed by atoms with Crippen molar-refractivity contribution in [3.63, 3.8) is 0 Å². The number of benzene rings is 1. The zero-order chi connectivity index (χ0) is 20.0. The molecule has 1 atom stereocenters. The smallest absolute Gasteiger partial charge is 0.262 e. The fourth-order valence-electron chi connectivity index (χ4n) is 3.66. The van der Waals surface area contributed by atoms with Gasteiger partial charge in [0.25, 0.3) is 5.56 Å². The van der Waals surface area contributed by atoms with Crippen LogP contribution >= 0.6 is 23.1 Å². The summed E-state index contributed by atoms with van der Waals surface area (Å²) in [5.74, 6) is -0.0922. The lowest BCUT2D eigenvalue weighted by molar-refractivity contribution is -0.115. The number of nitrogens with one attached hydrogen (secondary N) is 1.